The molecule has 8 rings (SSSR count). The molecule has 10 N–H and O–H groups in total. The fraction of sp³-hybridized carbons (Fsp3) is 0.0233. The summed E-state index contributed by atoms with van der Waals surface area (Å²) in [6, 6.07) is 14.1. The number of carbonyl (C=O) groups excluding carboxylic acids is 1. The van der Waals surface area contributed by atoms with E-state index in [1.165, 1.54) is 7.11 Å². The monoisotopic (exact) mass is 1240 g/mol. The van der Waals surface area contributed by atoms with E-state index in [4.69, 9.17) is 15.2 Å². The second-order valence-electron chi connectivity index (χ2n) is 16.3. The molecule has 0 saturated heterocycles. The first kappa shape index (κ1) is 59.2. The number of phenols is 2. The molecule has 0 spiro atoms. The third kappa shape index (κ3) is 12.1. The minimum atomic E-state index is -5.64. The number of hydrogen-bond acceptors (Lipinski definition) is 28. The van der Waals surface area contributed by atoms with Gasteiger partial charge in [-0.05, 0) is 78.9 Å². The van der Waals surface area contributed by atoms with Crippen molar-refractivity contribution in [3.05, 3.63) is 107 Å². The van der Waals surface area contributed by atoms with Gasteiger partial charge in [-0.2, -0.15) is 51.9 Å². The molecule has 7 aromatic carbocycles. The molecule has 1 aromatic heterocycles. The maximum atomic E-state index is 13.1. The van der Waals surface area contributed by atoms with E-state index >= 15 is 0 Å². The number of nitro groups is 1. The first-order chi connectivity index (χ1) is 38.7. The Hall–Kier alpha value is -9.91. The number of methoxy groups -OCH3 is 1. The predicted octanol–water partition coefficient (Wildman–Crippen LogP) is 8.22. The zero-order chi connectivity index (χ0) is 60.9. The molecule has 0 bridgehead atoms. The molecule has 35 nitrogen and oxygen atoms in total. The van der Waals surface area contributed by atoms with Crippen LogP contribution in [0, 0.1) is 10.1 Å². The Balaban J connectivity index is 1.18. The van der Waals surface area contributed by atoms with Gasteiger partial charge in [-0.15, -0.1) is 40.9 Å². The molecular formula is C43H30N12O23S5. The average molecular weight is 1240 g/mol. The minimum absolute atomic E-state index is 0.0793. The molecular weight excluding hydrogens is 1210 g/mol. The number of aromatic nitrogens is 2. The molecule has 0 radical (unpaired) electrons. The number of nitrogens with zero attached hydrogens (tertiary/aromatic N) is 11. The Morgan fingerprint density at radius 2 is 1.13 bits per heavy atom. The summed E-state index contributed by atoms with van der Waals surface area (Å²) in [6.45, 7) is -0.150. The molecule has 0 atom stereocenters. The number of rotatable bonds is 18. The highest BCUT2D eigenvalue weighted by molar-refractivity contribution is 7.87. The Kier molecular flexibility index (Phi) is 15.6. The largest absolute Gasteiger partial charge is 0.505 e. The molecule has 0 saturated carbocycles. The summed E-state index contributed by atoms with van der Waals surface area (Å²) < 4.78 is 186. The number of fused-ring (bicyclic) bond motifs is 2. The van der Waals surface area contributed by atoms with Gasteiger partial charge in [-0.25, -0.2) is 0 Å². The van der Waals surface area contributed by atoms with E-state index in [9.17, 15) is 95.1 Å². The number of benzene rings is 7. The van der Waals surface area contributed by atoms with Crippen molar-refractivity contribution in [1.82, 2.24) is 9.78 Å². The number of non-ortho nitro benzene ring substituents is 1. The maximum absolute atomic E-state index is 13.1. The number of ether oxygens (including phenoxy) is 2. The first-order valence-electron chi connectivity index (χ1n) is 21.7. The van der Waals surface area contributed by atoms with E-state index in [1.807, 2.05) is 0 Å². The third-order valence-electron chi connectivity index (χ3n) is 11.2. The topological polar surface area (TPSA) is 554 Å². The summed E-state index contributed by atoms with van der Waals surface area (Å²) in [4.78, 5) is 16.4. The van der Waals surface area contributed by atoms with Crippen LogP contribution in [0.5, 0.6) is 29.0 Å². The Morgan fingerprint density at radius 1 is 0.566 bits per heavy atom. The van der Waals surface area contributed by atoms with Gasteiger partial charge in [0.1, 0.15) is 53.7 Å². The van der Waals surface area contributed by atoms with Gasteiger partial charge in [0.05, 0.1) is 45.4 Å². The van der Waals surface area contributed by atoms with E-state index in [-0.39, 0.29) is 29.3 Å². The third-order valence-corrected chi connectivity index (χ3v) is 15.7. The van der Waals surface area contributed by atoms with E-state index in [0.29, 0.717) is 22.9 Å². The molecule has 0 aliphatic carbocycles. The SMILES string of the molecule is COc1cc([N+](=O)[O-])ccc1N=Nc1ccc2c(S(=O)(=O)O)cc(N=Nc3ccc4c(O)c(N=Nc5ccc(N=Nc6c(OC=O)nn(-c7ccc(S(=O)(=O)O)cc7)c6O)c(S(=O)(=O)O)c5)c(S(=O)(=O)O)cc4c3S(=O)(=O)O)c(N)c2c1O. The molecule has 8 aromatic rings. The zero-order valence-electron chi connectivity index (χ0n) is 40.6. The van der Waals surface area contributed by atoms with Gasteiger partial charge in [-0.1, -0.05) is 6.07 Å². The summed E-state index contributed by atoms with van der Waals surface area (Å²) in [6.07, 6.45) is 0. The summed E-state index contributed by atoms with van der Waals surface area (Å²) in [5.41, 5.74) is -0.135. The van der Waals surface area contributed by atoms with Gasteiger partial charge in [-0.3, -0.25) is 37.7 Å². The van der Waals surface area contributed by atoms with Crippen LogP contribution in [0.4, 0.5) is 56.9 Å². The molecule has 0 unspecified atom stereocenters. The second-order valence-corrected chi connectivity index (χ2v) is 23.2. The number of aromatic hydroxyl groups is 3. The van der Waals surface area contributed by atoms with Crippen LogP contribution in [0.25, 0.3) is 27.2 Å². The van der Waals surface area contributed by atoms with Crippen LogP contribution in [0.15, 0.2) is 162 Å². The van der Waals surface area contributed by atoms with Crippen LogP contribution in [0.3, 0.4) is 0 Å². The minimum Gasteiger partial charge on any atom is -0.505 e. The van der Waals surface area contributed by atoms with Crippen molar-refractivity contribution >= 4 is 135 Å². The van der Waals surface area contributed by atoms with E-state index in [2.05, 4.69) is 46.0 Å². The number of nitro benzene ring substituents is 1. The lowest BCUT2D eigenvalue weighted by atomic mass is 10.1. The Labute approximate surface area is 462 Å². The van der Waals surface area contributed by atoms with Gasteiger partial charge in [0.15, 0.2) is 17.2 Å². The maximum Gasteiger partial charge on any atom is 0.299 e. The van der Waals surface area contributed by atoms with Gasteiger partial charge in [0, 0.05) is 22.2 Å². The van der Waals surface area contributed by atoms with Crippen molar-refractivity contribution < 1.29 is 99.4 Å². The lowest BCUT2D eigenvalue weighted by Gasteiger charge is -2.13. The van der Waals surface area contributed by atoms with Crippen molar-refractivity contribution in [2.75, 3.05) is 12.8 Å². The summed E-state index contributed by atoms with van der Waals surface area (Å²) >= 11 is 0. The van der Waals surface area contributed by atoms with Crippen LogP contribution in [0.1, 0.15) is 0 Å². The van der Waals surface area contributed by atoms with Crippen molar-refractivity contribution in [2.45, 2.75) is 24.5 Å². The van der Waals surface area contributed by atoms with Gasteiger partial charge in [0.25, 0.3) is 68.6 Å². The fourth-order valence-corrected chi connectivity index (χ4v) is 10.8. The van der Waals surface area contributed by atoms with Crippen molar-refractivity contribution in [2.24, 2.45) is 40.9 Å². The lowest BCUT2D eigenvalue weighted by Crippen LogP contribution is -2.03. The number of nitrogen functional groups attached to an aromatic ring is 1. The fourth-order valence-electron chi connectivity index (χ4n) is 7.54. The number of nitrogens with two attached hydrogens (primary N) is 1. The second kappa shape index (κ2) is 21.9. The zero-order valence-corrected chi connectivity index (χ0v) is 44.6. The van der Waals surface area contributed by atoms with E-state index < -0.39 is 170 Å². The van der Waals surface area contributed by atoms with Gasteiger partial charge in [0.2, 0.25) is 11.6 Å². The summed E-state index contributed by atoms with van der Waals surface area (Å²) in [5.74, 6) is -3.99. The first-order valence-corrected chi connectivity index (χ1v) is 28.9. The highest BCUT2D eigenvalue weighted by atomic mass is 32.2. The molecule has 0 aliphatic heterocycles. The van der Waals surface area contributed by atoms with E-state index in [0.717, 1.165) is 78.9 Å². The molecule has 0 aliphatic rings. The summed E-state index contributed by atoms with van der Waals surface area (Å²) in [7, 11) is -25.3. The average Bonchev–Trinajstić information content (AvgIpc) is 2.18. The highest BCUT2D eigenvalue weighted by Crippen LogP contribution is 2.49. The lowest BCUT2D eigenvalue weighted by molar-refractivity contribution is -0.384. The molecule has 430 valence electrons. The quantitative estimate of drug-likeness (QED) is 0.00975. The molecule has 0 fully saturated rings. The predicted molar refractivity (Wildman–Crippen MR) is 279 cm³/mol. The van der Waals surface area contributed by atoms with E-state index in [1.54, 1.807) is 0 Å². The summed E-state index contributed by atoms with van der Waals surface area (Å²) in [5, 5.41) is 76.1. The Morgan fingerprint density at radius 3 is 1.73 bits per heavy atom. The van der Waals surface area contributed by atoms with Crippen LogP contribution < -0.4 is 15.2 Å². The van der Waals surface area contributed by atoms with Gasteiger partial charge < -0.3 is 30.5 Å². The highest BCUT2D eigenvalue weighted by Gasteiger charge is 2.30. The smallest absolute Gasteiger partial charge is 0.299 e. The number of hydrogen-bond donors (Lipinski definition) is 9. The Bertz CT molecular complexity index is 4830. The van der Waals surface area contributed by atoms with Crippen LogP contribution in [0.2, 0.25) is 0 Å². The van der Waals surface area contributed by atoms with Crippen LogP contribution in [-0.2, 0) is 55.4 Å². The number of anilines is 1. The van der Waals surface area contributed by atoms with Gasteiger partial charge >= 0.3 is 0 Å². The number of azo groups is 4. The number of carbonyl (C=O) groups is 1. The molecule has 83 heavy (non-hydrogen) atoms. The standard InChI is InChI=1S/C43H30N12O23S5/c1-77-31-15-21(55(60)61)5-11-26(31)46-48-28-12-9-24-32(80(65,66)67)17-30(36(44)35(24)40(28)58)50-49-29-13-8-23-25(41(29)83(74,75)76)16-34(82(71,72)73)37(39(23)57)51-45-19-2-10-27(33(14-19)81(68,69)70)47-52-38-42(78-18-56)53-54(43(38)59)20-3-6-22(7-4-20)79(62,63)64/h2-18,57-59H,44H2,1H3,(H,62,63,64)(H,65,66,67)(H,68,69,70)(H,71,72,73)(H,74,75,76). The van der Waals surface area contributed by atoms with Crippen molar-refractivity contribution in [1.29, 1.82) is 0 Å². The van der Waals surface area contributed by atoms with Crippen LogP contribution >= 0.6 is 0 Å². The molecule has 0 amide bonds. The van der Waals surface area contributed by atoms with Crippen molar-refractivity contribution in [3.8, 4) is 34.7 Å². The van der Waals surface area contributed by atoms with Crippen molar-refractivity contribution in [3.63, 3.8) is 0 Å². The number of phenolic OH excluding ortho intramolecular Hbond substituents is 2. The molecule has 1 heterocycles. The molecule has 40 heteroatoms. The normalized spacial score (nSPS) is 12.8. The van der Waals surface area contributed by atoms with Crippen LogP contribution in [-0.4, -0.2) is 108 Å².